The molecule has 1 aromatic carbocycles. The Labute approximate surface area is 171 Å². The standard InChI is InChI=1S/C22H28ClN3O2/c1-13-7-14(2)26-22(28)20(13)12-25-21(27)19-10-18(23)9-17(15(19)3)8-16-5-4-6-24-11-16/h7,9-10,16,20,24H,4-6,8,11-12H2,1-3H3,(H,25,27). The van der Waals surface area contributed by atoms with Crippen LogP contribution in [0.4, 0.5) is 0 Å². The quantitative estimate of drug-likeness (QED) is 0.793. The molecule has 2 unspecified atom stereocenters. The SMILES string of the molecule is CC1=CC(C)=NC(=O)C1CNC(=O)c1cc(Cl)cc(CC2CCCNC2)c1C. The summed E-state index contributed by atoms with van der Waals surface area (Å²) in [6, 6.07) is 3.68. The number of carbonyl (C=O) groups excluding carboxylic acids is 2. The van der Waals surface area contributed by atoms with Crippen molar-refractivity contribution in [2.45, 2.75) is 40.0 Å². The van der Waals surface area contributed by atoms with Crippen LogP contribution < -0.4 is 10.6 Å². The van der Waals surface area contributed by atoms with Crippen LogP contribution in [0.1, 0.15) is 48.2 Å². The normalized spacial score (nSPS) is 22.5. The van der Waals surface area contributed by atoms with Crippen LogP contribution in [0.3, 0.4) is 0 Å². The van der Waals surface area contributed by atoms with Crippen LogP contribution in [0, 0.1) is 18.8 Å². The highest BCUT2D eigenvalue weighted by Gasteiger charge is 2.25. The Morgan fingerprint density at radius 2 is 2.11 bits per heavy atom. The summed E-state index contributed by atoms with van der Waals surface area (Å²) >= 11 is 6.32. The number of amides is 2. The third-order valence-electron chi connectivity index (χ3n) is 5.67. The Morgan fingerprint density at radius 1 is 1.32 bits per heavy atom. The minimum atomic E-state index is -0.403. The topological polar surface area (TPSA) is 70.6 Å². The van der Waals surface area contributed by atoms with Crippen molar-refractivity contribution < 1.29 is 9.59 Å². The van der Waals surface area contributed by atoms with Crippen LogP contribution in [-0.2, 0) is 11.2 Å². The first-order valence-corrected chi connectivity index (χ1v) is 10.3. The van der Waals surface area contributed by atoms with Crippen molar-refractivity contribution >= 4 is 29.1 Å². The molecular weight excluding hydrogens is 374 g/mol. The third-order valence-corrected chi connectivity index (χ3v) is 5.89. The first-order chi connectivity index (χ1) is 13.3. The number of carbonyl (C=O) groups is 2. The lowest BCUT2D eigenvalue weighted by Gasteiger charge is -2.24. The number of dihydropyridines is 1. The zero-order valence-electron chi connectivity index (χ0n) is 16.8. The zero-order chi connectivity index (χ0) is 20.3. The zero-order valence-corrected chi connectivity index (χ0v) is 17.5. The summed E-state index contributed by atoms with van der Waals surface area (Å²) in [6.07, 6.45) is 5.17. The van der Waals surface area contributed by atoms with Gasteiger partial charge in [0.1, 0.15) is 0 Å². The molecule has 150 valence electrons. The number of piperidine rings is 1. The third kappa shape index (κ3) is 4.89. The number of nitrogens with one attached hydrogen (secondary N) is 2. The highest BCUT2D eigenvalue weighted by Crippen LogP contribution is 2.25. The van der Waals surface area contributed by atoms with Gasteiger partial charge in [0.15, 0.2) is 0 Å². The average Bonchev–Trinajstić information content (AvgIpc) is 2.64. The van der Waals surface area contributed by atoms with Gasteiger partial charge < -0.3 is 10.6 Å². The average molecular weight is 402 g/mol. The van der Waals surface area contributed by atoms with E-state index >= 15 is 0 Å². The van der Waals surface area contributed by atoms with Crippen LogP contribution in [0.5, 0.6) is 0 Å². The molecule has 1 aromatic rings. The first kappa shape index (κ1) is 20.7. The largest absolute Gasteiger partial charge is 0.351 e. The van der Waals surface area contributed by atoms with Crippen molar-refractivity contribution in [1.82, 2.24) is 10.6 Å². The van der Waals surface area contributed by atoms with Gasteiger partial charge >= 0.3 is 0 Å². The van der Waals surface area contributed by atoms with Crippen molar-refractivity contribution in [2.75, 3.05) is 19.6 Å². The number of allylic oxidation sites excluding steroid dienone is 1. The Bertz CT molecular complexity index is 838. The second kappa shape index (κ2) is 9.01. The molecule has 2 N–H and O–H groups in total. The van der Waals surface area contributed by atoms with Crippen LogP contribution >= 0.6 is 11.6 Å². The Hall–Kier alpha value is -1.98. The Kier molecular flexibility index (Phi) is 6.68. The molecule has 1 saturated heterocycles. The maximum absolute atomic E-state index is 12.8. The summed E-state index contributed by atoms with van der Waals surface area (Å²) in [6.45, 7) is 7.99. The van der Waals surface area contributed by atoms with Crippen LogP contribution in [0.2, 0.25) is 5.02 Å². The van der Waals surface area contributed by atoms with Gasteiger partial charge in [-0.1, -0.05) is 17.2 Å². The second-order valence-corrected chi connectivity index (χ2v) is 8.33. The van der Waals surface area contributed by atoms with Crippen LogP contribution in [0.15, 0.2) is 28.8 Å². The number of benzene rings is 1. The summed E-state index contributed by atoms with van der Waals surface area (Å²) in [5.74, 6) is -0.239. The van der Waals surface area contributed by atoms with Gasteiger partial charge in [-0.2, -0.15) is 0 Å². The number of hydrogen-bond donors (Lipinski definition) is 2. The molecule has 2 atom stereocenters. The molecule has 2 amide bonds. The van der Waals surface area contributed by atoms with Crippen molar-refractivity contribution in [2.24, 2.45) is 16.8 Å². The number of halogens is 1. The van der Waals surface area contributed by atoms with Gasteiger partial charge in [-0.05, 0) is 88.4 Å². The molecule has 0 aromatic heterocycles. The fourth-order valence-electron chi connectivity index (χ4n) is 4.04. The summed E-state index contributed by atoms with van der Waals surface area (Å²) in [4.78, 5) is 29.0. The molecule has 1 fully saturated rings. The van der Waals surface area contributed by atoms with E-state index in [4.69, 9.17) is 11.6 Å². The lowest BCUT2D eigenvalue weighted by molar-refractivity contribution is -0.120. The van der Waals surface area contributed by atoms with E-state index in [0.717, 1.165) is 36.2 Å². The van der Waals surface area contributed by atoms with Crippen molar-refractivity contribution in [3.8, 4) is 0 Å². The maximum atomic E-state index is 12.8. The van der Waals surface area contributed by atoms with E-state index in [9.17, 15) is 9.59 Å². The van der Waals surface area contributed by atoms with Gasteiger partial charge in [0.25, 0.3) is 11.8 Å². The molecule has 5 nitrogen and oxygen atoms in total. The predicted molar refractivity (Wildman–Crippen MR) is 113 cm³/mol. The Balaban J connectivity index is 1.71. The summed E-state index contributed by atoms with van der Waals surface area (Å²) in [5, 5.41) is 6.91. The fraction of sp³-hybridized carbons (Fsp3) is 0.500. The highest BCUT2D eigenvalue weighted by molar-refractivity contribution is 6.31. The summed E-state index contributed by atoms with van der Waals surface area (Å²) < 4.78 is 0. The molecule has 0 radical (unpaired) electrons. The van der Waals surface area contributed by atoms with E-state index in [0.29, 0.717) is 22.2 Å². The monoisotopic (exact) mass is 401 g/mol. The number of rotatable bonds is 5. The molecule has 28 heavy (non-hydrogen) atoms. The summed E-state index contributed by atoms with van der Waals surface area (Å²) in [7, 11) is 0. The van der Waals surface area contributed by atoms with Crippen LogP contribution in [-0.4, -0.2) is 37.2 Å². The van der Waals surface area contributed by atoms with Gasteiger partial charge in [-0.3, -0.25) is 9.59 Å². The molecular formula is C22H28ClN3O2. The van der Waals surface area contributed by atoms with Crippen molar-refractivity contribution in [1.29, 1.82) is 0 Å². The smallest absolute Gasteiger partial charge is 0.254 e. The van der Waals surface area contributed by atoms with E-state index in [1.54, 1.807) is 13.0 Å². The highest BCUT2D eigenvalue weighted by atomic mass is 35.5. The van der Waals surface area contributed by atoms with Gasteiger partial charge in [-0.25, -0.2) is 4.99 Å². The van der Waals surface area contributed by atoms with E-state index in [2.05, 4.69) is 15.6 Å². The number of hydrogen-bond acceptors (Lipinski definition) is 3. The molecule has 6 heteroatoms. The molecule has 2 heterocycles. The predicted octanol–water partition coefficient (Wildman–Crippen LogP) is 3.48. The molecule has 0 saturated carbocycles. The minimum absolute atomic E-state index is 0.199. The van der Waals surface area contributed by atoms with E-state index < -0.39 is 5.92 Å². The van der Waals surface area contributed by atoms with E-state index in [-0.39, 0.29) is 18.4 Å². The second-order valence-electron chi connectivity index (χ2n) is 7.90. The fourth-order valence-corrected chi connectivity index (χ4v) is 4.28. The lowest BCUT2D eigenvalue weighted by Crippen LogP contribution is -2.35. The molecule has 3 rings (SSSR count). The van der Waals surface area contributed by atoms with Crippen molar-refractivity contribution in [3.63, 3.8) is 0 Å². The van der Waals surface area contributed by atoms with Crippen LogP contribution in [0.25, 0.3) is 0 Å². The van der Waals surface area contributed by atoms with Gasteiger partial charge in [0.05, 0.1) is 5.92 Å². The minimum Gasteiger partial charge on any atom is -0.351 e. The Morgan fingerprint density at radius 3 is 2.79 bits per heavy atom. The van der Waals surface area contributed by atoms with Gasteiger partial charge in [-0.15, -0.1) is 0 Å². The maximum Gasteiger partial charge on any atom is 0.254 e. The van der Waals surface area contributed by atoms with E-state index in [1.807, 2.05) is 26.0 Å². The van der Waals surface area contributed by atoms with Gasteiger partial charge in [0, 0.05) is 22.8 Å². The van der Waals surface area contributed by atoms with Crippen molar-refractivity contribution in [3.05, 3.63) is 45.5 Å². The summed E-state index contributed by atoms with van der Waals surface area (Å²) in [5.41, 5.74) is 4.29. The number of nitrogens with zero attached hydrogens (tertiary/aromatic N) is 1. The van der Waals surface area contributed by atoms with Gasteiger partial charge in [0.2, 0.25) is 0 Å². The molecule has 0 spiro atoms. The lowest BCUT2D eigenvalue weighted by atomic mass is 9.89. The molecule has 2 aliphatic rings. The van der Waals surface area contributed by atoms with E-state index in [1.165, 1.54) is 12.8 Å². The number of aliphatic imine (C=N–C) groups is 1. The molecule has 2 aliphatic heterocycles. The first-order valence-electron chi connectivity index (χ1n) is 9.90. The molecule has 0 aliphatic carbocycles. The molecule has 0 bridgehead atoms.